The molecule has 0 bridgehead atoms. The van der Waals surface area contributed by atoms with E-state index in [-0.39, 0.29) is 12.6 Å². The summed E-state index contributed by atoms with van der Waals surface area (Å²) in [6.45, 7) is 0.0313. The van der Waals surface area contributed by atoms with E-state index in [1.165, 1.54) is 0 Å². The number of benzene rings is 1. The topological polar surface area (TPSA) is 81.8 Å². The zero-order valence-corrected chi connectivity index (χ0v) is 11.7. The fraction of sp³-hybridized carbons (Fsp3) is 0.533. The van der Waals surface area contributed by atoms with Gasteiger partial charge in [0.05, 0.1) is 19.1 Å². The number of hydrogen-bond acceptors (Lipinski definition) is 4. The zero-order chi connectivity index (χ0) is 14.5. The van der Waals surface area contributed by atoms with Gasteiger partial charge in [0.15, 0.2) is 11.5 Å². The van der Waals surface area contributed by atoms with Gasteiger partial charge >= 0.3 is 5.97 Å². The van der Waals surface area contributed by atoms with Crippen LogP contribution in [0.4, 0.5) is 0 Å². The van der Waals surface area contributed by atoms with Crippen LogP contribution in [0.1, 0.15) is 37.2 Å². The fourth-order valence-electron chi connectivity index (χ4n) is 2.63. The van der Waals surface area contributed by atoms with Gasteiger partial charge in [-0.05, 0) is 31.7 Å². The van der Waals surface area contributed by atoms with E-state index in [9.17, 15) is 9.90 Å². The van der Waals surface area contributed by atoms with E-state index in [4.69, 9.17) is 15.2 Å². The van der Waals surface area contributed by atoms with Crippen LogP contribution in [0.25, 0.3) is 0 Å². The maximum atomic E-state index is 11.3. The van der Waals surface area contributed by atoms with E-state index in [0.29, 0.717) is 17.1 Å². The van der Waals surface area contributed by atoms with Gasteiger partial charge in [-0.3, -0.25) is 4.79 Å². The number of carboxylic acids is 1. The van der Waals surface area contributed by atoms with Crippen LogP contribution < -0.4 is 15.2 Å². The number of hydrogen-bond donors (Lipinski definition) is 2. The minimum Gasteiger partial charge on any atom is -0.493 e. The van der Waals surface area contributed by atoms with Crippen molar-refractivity contribution < 1.29 is 19.4 Å². The van der Waals surface area contributed by atoms with Crippen LogP contribution in [-0.2, 0) is 4.79 Å². The molecule has 1 aromatic rings. The van der Waals surface area contributed by atoms with Crippen molar-refractivity contribution in [1.29, 1.82) is 0 Å². The van der Waals surface area contributed by atoms with Gasteiger partial charge in [0.2, 0.25) is 0 Å². The van der Waals surface area contributed by atoms with Gasteiger partial charge in [-0.1, -0.05) is 12.1 Å². The van der Waals surface area contributed by atoms with Gasteiger partial charge in [-0.15, -0.1) is 0 Å². The first kappa shape index (κ1) is 14.7. The number of nitrogens with two attached hydrogens (primary N) is 1. The van der Waals surface area contributed by atoms with Crippen molar-refractivity contribution in [3.05, 3.63) is 23.8 Å². The molecule has 1 atom stereocenters. The Morgan fingerprint density at radius 1 is 1.45 bits per heavy atom. The Morgan fingerprint density at radius 2 is 2.15 bits per heavy atom. The second-order valence-electron chi connectivity index (χ2n) is 5.03. The molecule has 110 valence electrons. The first-order valence-corrected chi connectivity index (χ1v) is 6.93. The van der Waals surface area contributed by atoms with Crippen LogP contribution in [-0.4, -0.2) is 30.8 Å². The lowest BCUT2D eigenvalue weighted by molar-refractivity contribution is -0.138. The molecule has 5 nitrogen and oxygen atoms in total. The molecule has 0 saturated heterocycles. The summed E-state index contributed by atoms with van der Waals surface area (Å²) in [4.78, 5) is 11.3. The van der Waals surface area contributed by atoms with E-state index in [2.05, 4.69) is 0 Å². The van der Waals surface area contributed by atoms with Crippen molar-refractivity contribution in [2.75, 3.05) is 13.7 Å². The number of rotatable bonds is 6. The molecule has 1 aromatic carbocycles. The highest BCUT2D eigenvalue weighted by Crippen LogP contribution is 2.38. The predicted molar refractivity (Wildman–Crippen MR) is 75.3 cm³/mol. The molecule has 3 N–H and O–H groups in total. The minimum atomic E-state index is -0.947. The average Bonchev–Trinajstić information content (AvgIpc) is 2.93. The van der Waals surface area contributed by atoms with Crippen molar-refractivity contribution in [1.82, 2.24) is 0 Å². The minimum absolute atomic E-state index is 0.0313. The Morgan fingerprint density at radius 3 is 2.70 bits per heavy atom. The molecular formula is C15H21NO4. The number of ether oxygens (including phenoxy) is 2. The van der Waals surface area contributed by atoms with Gasteiger partial charge in [-0.25, -0.2) is 0 Å². The molecule has 1 aliphatic carbocycles. The molecule has 0 aromatic heterocycles. The Kier molecular flexibility index (Phi) is 4.84. The lowest BCUT2D eigenvalue weighted by Gasteiger charge is -2.21. The SMILES string of the molecule is COc1cccc(C(CN)C(=O)O)c1OC1CCCC1. The number of methoxy groups -OCH3 is 1. The van der Waals surface area contributed by atoms with E-state index in [1.54, 1.807) is 25.3 Å². The Hall–Kier alpha value is -1.75. The maximum absolute atomic E-state index is 11.3. The molecule has 0 aliphatic heterocycles. The van der Waals surface area contributed by atoms with Crippen molar-refractivity contribution in [3.63, 3.8) is 0 Å². The van der Waals surface area contributed by atoms with E-state index in [0.717, 1.165) is 25.7 Å². The van der Waals surface area contributed by atoms with Gasteiger partial charge < -0.3 is 20.3 Å². The summed E-state index contributed by atoms with van der Waals surface area (Å²) in [5.41, 5.74) is 6.19. The molecular weight excluding hydrogens is 258 g/mol. The van der Waals surface area contributed by atoms with Gasteiger partial charge in [0, 0.05) is 12.1 Å². The van der Waals surface area contributed by atoms with Crippen LogP contribution in [0, 0.1) is 0 Å². The zero-order valence-electron chi connectivity index (χ0n) is 11.7. The van der Waals surface area contributed by atoms with Crippen molar-refractivity contribution >= 4 is 5.97 Å². The monoisotopic (exact) mass is 279 g/mol. The molecule has 0 spiro atoms. The summed E-state index contributed by atoms with van der Waals surface area (Å²) in [5.74, 6) is -0.632. The Labute approximate surface area is 118 Å². The molecule has 5 heteroatoms. The van der Waals surface area contributed by atoms with Gasteiger partial charge in [0.25, 0.3) is 0 Å². The van der Waals surface area contributed by atoms with Gasteiger partial charge in [0.1, 0.15) is 0 Å². The van der Waals surface area contributed by atoms with Gasteiger partial charge in [-0.2, -0.15) is 0 Å². The molecule has 1 saturated carbocycles. The van der Waals surface area contributed by atoms with Crippen LogP contribution in [0.15, 0.2) is 18.2 Å². The molecule has 1 fully saturated rings. The molecule has 0 heterocycles. The Bertz CT molecular complexity index is 469. The van der Waals surface area contributed by atoms with E-state index < -0.39 is 11.9 Å². The van der Waals surface area contributed by atoms with Crippen molar-refractivity contribution in [2.45, 2.75) is 37.7 Å². The molecule has 1 aliphatic rings. The molecule has 2 rings (SSSR count). The summed E-state index contributed by atoms with van der Waals surface area (Å²) in [7, 11) is 1.55. The molecule has 0 amide bonds. The standard InChI is InChI=1S/C15H21NO4/c1-19-13-8-4-7-11(12(9-16)15(17)18)14(13)20-10-5-2-3-6-10/h4,7-8,10,12H,2-3,5-6,9,16H2,1H3,(H,17,18). The highest BCUT2D eigenvalue weighted by atomic mass is 16.5. The number of carbonyl (C=O) groups is 1. The highest BCUT2D eigenvalue weighted by Gasteiger charge is 2.27. The third-order valence-corrected chi connectivity index (χ3v) is 3.73. The lowest BCUT2D eigenvalue weighted by Crippen LogP contribution is -2.23. The second kappa shape index (κ2) is 6.61. The average molecular weight is 279 g/mol. The highest BCUT2D eigenvalue weighted by molar-refractivity contribution is 5.78. The molecule has 1 unspecified atom stereocenters. The van der Waals surface area contributed by atoms with E-state index >= 15 is 0 Å². The quantitative estimate of drug-likeness (QED) is 0.833. The van der Waals surface area contributed by atoms with Crippen LogP contribution in [0.3, 0.4) is 0 Å². The van der Waals surface area contributed by atoms with Crippen molar-refractivity contribution in [2.24, 2.45) is 5.73 Å². The normalized spacial score (nSPS) is 16.9. The second-order valence-corrected chi connectivity index (χ2v) is 5.03. The van der Waals surface area contributed by atoms with Crippen LogP contribution in [0.5, 0.6) is 11.5 Å². The number of carboxylic acid groups (broad SMARTS) is 1. The van der Waals surface area contributed by atoms with E-state index in [1.807, 2.05) is 0 Å². The van der Waals surface area contributed by atoms with Crippen molar-refractivity contribution in [3.8, 4) is 11.5 Å². The predicted octanol–water partition coefficient (Wildman–Crippen LogP) is 2.14. The molecule has 20 heavy (non-hydrogen) atoms. The van der Waals surface area contributed by atoms with Crippen LogP contribution >= 0.6 is 0 Å². The number of para-hydroxylation sites is 1. The summed E-state index contributed by atoms with van der Waals surface area (Å²) in [5, 5.41) is 9.30. The van der Waals surface area contributed by atoms with Crippen LogP contribution in [0.2, 0.25) is 0 Å². The maximum Gasteiger partial charge on any atom is 0.312 e. The third-order valence-electron chi connectivity index (χ3n) is 3.73. The first-order chi connectivity index (χ1) is 9.67. The smallest absolute Gasteiger partial charge is 0.312 e. The number of aliphatic carboxylic acids is 1. The summed E-state index contributed by atoms with van der Waals surface area (Å²) < 4.78 is 11.3. The fourth-order valence-corrected chi connectivity index (χ4v) is 2.63. The third kappa shape index (κ3) is 3.04. The lowest BCUT2D eigenvalue weighted by atomic mass is 9.98. The summed E-state index contributed by atoms with van der Waals surface area (Å²) in [6.07, 6.45) is 4.43. The largest absolute Gasteiger partial charge is 0.493 e. The summed E-state index contributed by atoms with van der Waals surface area (Å²) in [6, 6.07) is 5.29. The molecule has 0 radical (unpaired) electrons. The summed E-state index contributed by atoms with van der Waals surface area (Å²) >= 11 is 0. The first-order valence-electron chi connectivity index (χ1n) is 6.93. The Balaban J connectivity index is 2.36.